The van der Waals surface area contributed by atoms with Gasteiger partial charge in [0.05, 0.1) is 16.9 Å². The Morgan fingerprint density at radius 3 is 2.14 bits per heavy atom. The van der Waals surface area contributed by atoms with Crippen LogP contribution in [-0.4, -0.2) is 36.8 Å². The Hall–Kier alpha value is -2.14. The number of sulfone groups is 1. The number of rotatable bonds is 5. The topological polar surface area (TPSA) is 54.5 Å². The molecular weight excluding hydrogens is 370 g/mol. The molecular formula is C23H27NO3S. The average molecular weight is 398 g/mol. The van der Waals surface area contributed by atoms with E-state index >= 15 is 0 Å². The van der Waals surface area contributed by atoms with Crippen LogP contribution in [0.25, 0.3) is 0 Å². The minimum Gasteiger partial charge on any atom is -0.334 e. The highest BCUT2D eigenvalue weighted by Crippen LogP contribution is 2.43. The molecule has 0 radical (unpaired) electrons. The van der Waals surface area contributed by atoms with Crippen LogP contribution in [0.5, 0.6) is 0 Å². The number of hydrogen-bond acceptors (Lipinski definition) is 3. The molecule has 2 aromatic rings. The molecule has 0 aromatic heterocycles. The Kier molecular flexibility index (Phi) is 5.28. The molecule has 28 heavy (non-hydrogen) atoms. The molecule has 0 unspecified atom stereocenters. The van der Waals surface area contributed by atoms with Crippen LogP contribution in [0.2, 0.25) is 0 Å². The van der Waals surface area contributed by atoms with E-state index in [0.717, 1.165) is 36.8 Å². The van der Waals surface area contributed by atoms with Crippen molar-refractivity contribution in [3.8, 4) is 0 Å². The van der Waals surface area contributed by atoms with Crippen molar-refractivity contribution < 1.29 is 13.2 Å². The van der Waals surface area contributed by atoms with E-state index in [1.54, 1.807) is 0 Å². The summed E-state index contributed by atoms with van der Waals surface area (Å²) in [7, 11) is -3.07. The van der Waals surface area contributed by atoms with Crippen molar-refractivity contribution in [2.45, 2.75) is 50.1 Å². The number of benzene rings is 2. The Labute approximate surface area is 167 Å². The SMILES string of the molecule is O=C(N(Cc1ccccc1)[C@@H]1CCS(=O)(=O)C1)C1(c2ccccc2)CCCC1. The van der Waals surface area contributed by atoms with Crippen molar-refractivity contribution in [3.63, 3.8) is 0 Å². The van der Waals surface area contributed by atoms with Crippen LogP contribution in [0.4, 0.5) is 0 Å². The highest BCUT2D eigenvalue weighted by Gasteiger charge is 2.47. The summed E-state index contributed by atoms with van der Waals surface area (Å²) in [6.07, 6.45) is 4.26. The molecule has 1 amide bonds. The van der Waals surface area contributed by atoms with Gasteiger partial charge >= 0.3 is 0 Å². The van der Waals surface area contributed by atoms with Crippen LogP contribution < -0.4 is 0 Å². The molecule has 2 aromatic carbocycles. The van der Waals surface area contributed by atoms with Crippen molar-refractivity contribution in [1.82, 2.24) is 4.90 Å². The van der Waals surface area contributed by atoms with Crippen LogP contribution >= 0.6 is 0 Å². The van der Waals surface area contributed by atoms with Gasteiger partial charge in [-0.2, -0.15) is 0 Å². The molecule has 1 atom stereocenters. The van der Waals surface area contributed by atoms with Gasteiger partial charge in [-0.3, -0.25) is 4.79 Å². The van der Waals surface area contributed by atoms with E-state index in [-0.39, 0.29) is 23.5 Å². The predicted molar refractivity (Wildman–Crippen MR) is 111 cm³/mol. The molecule has 0 N–H and O–H groups in total. The van der Waals surface area contributed by atoms with E-state index in [9.17, 15) is 13.2 Å². The zero-order valence-electron chi connectivity index (χ0n) is 16.1. The second-order valence-electron chi connectivity index (χ2n) is 8.13. The Morgan fingerprint density at radius 2 is 1.57 bits per heavy atom. The number of nitrogens with zero attached hydrogens (tertiary/aromatic N) is 1. The van der Waals surface area contributed by atoms with Gasteiger partial charge in [-0.15, -0.1) is 0 Å². The first-order chi connectivity index (χ1) is 13.5. The van der Waals surface area contributed by atoms with Crippen LogP contribution in [0, 0.1) is 0 Å². The van der Waals surface area contributed by atoms with E-state index in [4.69, 9.17) is 0 Å². The van der Waals surface area contributed by atoms with E-state index < -0.39 is 15.3 Å². The highest BCUT2D eigenvalue weighted by molar-refractivity contribution is 7.91. The minimum absolute atomic E-state index is 0.0798. The van der Waals surface area contributed by atoms with Crippen molar-refractivity contribution in [2.24, 2.45) is 0 Å². The first-order valence-electron chi connectivity index (χ1n) is 10.1. The van der Waals surface area contributed by atoms with E-state index in [0.29, 0.717) is 13.0 Å². The summed E-state index contributed by atoms with van der Waals surface area (Å²) in [6, 6.07) is 19.7. The third-order valence-corrected chi connectivity index (χ3v) is 8.05. The van der Waals surface area contributed by atoms with Gasteiger partial charge in [0.2, 0.25) is 5.91 Å². The largest absolute Gasteiger partial charge is 0.334 e. The second kappa shape index (κ2) is 7.70. The zero-order valence-corrected chi connectivity index (χ0v) is 16.9. The van der Waals surface area contributed by atoms with Gasteiger partial charge < -0.3 is 4.90 Å². The smallest absolute Gasteiger partial charge is 0.233 e. The van der Waals surface area contributed by atoms with Crippen LogP contribution in [0.1, 0.15) is 43.2 Å². The standard InChI is InChI=1S/C23H27NO3S/c25-22(23(14-7-8-15-23)20-11-5-2-6-12-20)24(17-19-9-3-1-4-10-19)21-13-16-28(26,27)18-21/h1-6,9-12,21H,7-8,13-18H2/t21-/m1/s1. The predicted octanol–water partition coefficient (Wildman–Crippen LogP) is 3.71. The lowest BCUT2D eigenvalue weighted by molar-refractivity contribution is -0.140. The number of carbonyl (C=O) groups excluding carboxylic acids is 1. The molecule has 1 saturated heterocycles. The summed E-state index contributed by atoms with van der Waals surface area (Å²) in [4.78, 5) is 15.9. The van der Waals surface area contributed by atoms with Gasteiger partial charge in [0.25, 0.3) is 0 Å². The van der Waals surface area contributed by atoms with Gasteiger partial charge in [0.1, 0.15) is 0 Å². The van der Waals surface area contributed by atoms with E-state index in [1.165, 1.54) is 0 Å². The maximum Gasteiger partial charge on any atom is 0.233 e. The zero-order chi connectivity index (χ0) is 19.6. The molecule has 5 heteroatoms. The maximum atomic E-state index is 14.0. The lowest BCUT2D eigenvalue weighted by Gasteiger charge is -2.38. The summed E-state index contributed by atoms with van der Waals surface area (Å²) in [5.74, 6) is 0.354. The fraction of sp³-hybridized carbons (Fsp3) is 0.435. The molecule has 1 heterocycles. The third kappa shape index (κ3) is 3.72. The van der Waals surface area contributed by atoms with Crippen LogP contribution in [0.15, 0.2) is 60.7 Å². The lowest BCUT2D eigenvalue weighted by atomic mass is 9.77. The molecule has 1 aliphatic carbocycles. The summed E-state index contributed by atoms with van der Waals surface area (Å²) in [5, 5.41) is 0. The monoisotopic (exact) mass is 397 g/mol. The maximum absolute atomic E-state index is 14.0. The molecule has 0 spiro atoms. The normalized spacial score (nSPS) is 22.8. The molecule has 2 fully saturated rings. The molecule has 2 aliphatic rings. The molecule has 1 saturated carbocycles. The Balaban J connectivity index is 1.71. The lowest BCUT2D eigenvalue weighted by Crippen LogP contribution is -2.50. The van der Waals surface area contributed by atoms with Gasteiger partial charge in [-0.05, 0) is 30.4 Å². The number of amides is 1. The molecule has 1 aliphatic heterocycles. The molecule has 4 nitrogen and oxygen atoms in total. The fourth-order valence-corrected chi connectivity index (χ4v) is 6.54. The fourth-order valence-electron chi connectivity index (χ4n) is 4.80. The van der Waals surface area contributed by atoms with Gasteiger partial charge in [-0.25, -0.2) is 8.42 Å². The minimum atomic E-state index is -3.07. The second-order valence-corrected chi connectivity index (χ2v) is 10.4. The van der Waals surface area contributed by atoms with E-state index in [1.807, 2.05) is 53.4 Å². The highest BCUT2D eigenvalue weighted by atomic mass is 32.2. The summed E-state index contributed by atoms with van der Waals surface area (Å²) >= 11 is 0. The van der Waals surface area contributed by atoms with Crippen molar-refractivity contribution in [1.29, 1.82) is 0 Å². The molecule has 0 bridgehead atoms. The summed E-state index contributed by atoms with van der Waals surface area (Å²) in [5.41, 5.74) is 1.58. The van der Waals surface area contributed by atoms with Gasteiger partial charge in [-0.1, -0.05) is 73.5 Å². The summed E-state index contributed by atoms with van der Waals surface area (Å²) in [6.45, 7) is 0.467. The van der Waals surface area contributed by atoms with Crippen molar-refractivity contribution >= 4 is 15.7 Å². The summed E-state index contributed by atoms with van der Waals surface area (Å²) < 4.78 is 24.3. The van der Waals surface area contributed by atoms with Crippen molar-refractivity contribution in [3.05, 3.63) is 71.8 Å². The number of hydrogen-bond donors (Lipinski definition) is 0. The third-order valence-electron chi connectivity index (χ3n) is 6.30. The van der Waals surface area contributed by atoms with Crippen LogP contribution in [-0.2, 0) is 26.6 Å². The first-order valence-corrected chi connectivity index (χ1v) is 11.9. The average Bonchev–Trinajstić information content (AvgIpc) is 3.34. The Morgan fingerprint density at radius 1 is 0.964 bits per heavy atom. The van der Waals surface area contributed by atoms with Gasteiger partial charge in [0, 0.05) is 12.6 Å². The van der Waals surface area contributed by atoms with Crippen molar-refractivity contribution in [2.75, 3.05) is 11.5 Å². The Bertz CT molecular complexity index is 919. The van der Waals surface area contributed by atoms with Gasteiger partial charge in [0.15, 0.2) is 9.84 Å². The van der Waals surface area contributed by atoms with Crippen LogP contribution in [0.3, 0.4) is 0 Å². The molecule has 4 rings (SSSR count). The van der Waals surface area contributed by atoms with E-state index in [2.05, 4.69) is 12.1 Å². The number of carbonyl (C=O) groups is 1. The first kappa shape index (κ1) is 19.2. The molecule has 148 valence electrons. The quantitative estimate of drug-likeness (QED) is 0.773.